The van der Waals surface area contributed by atoms with Crippen LogP contribution in [0.3, 0.4) is 0 Å². The van der Waals surface area contributed by atoms with Crippen LogP contribution in [0.2, 0.25) is 15.1 Å². The van der Waals surface area contributed by atoms with E-state index in [9.17, 15) is 13.2 Å². The maximum atomic E-state index is 12.7. The van der Waals surface area contributed by atoms with Gasteiger partial charge in [0.25, 0.3) is 0 Å². The number of rotatable bonds is 2. The van der Waals surface area contributed by atoms with Crippen LogP contribution in [0.4, 0.5) is 16.3 Å². The predicted octanol–water partition coefficient (Wildman–Crippen LogP) is 3.42. The van der Waals surface area contributed by atoms with E-state index < -0.39 is 15.9 Å². The lowest BCUT2D eigenvalue weighted by atomic mass is 10.2. The zero-order valence-electron chi connectivity index (χ0n) is 13.0. The van der Waals surface area contributed by atoms with Gasteiger partial charge in [0.1, 0.15) is 5.82 Å². The van der Waals surface area contributed by atoms with Gasteiger partial charge in [0.15, 0.2) is 0 Å². The molecule has 1 aliphatic heterocycles. The Morgan fingerprint density at radius 2 is 1.76 bits per heavy atom. The Hall–Kier alpha value is -1.61. The fraction of sp³-hybridized carbons (Fsp3) is 0.214. The first kappa shape index (κ1) is 18.2. The van der Waals surface area contributed by atoms with Crippen molar-refractivity contribution in [3.05, 3.63) is 39.0 Å². The summed E-state index contributed by atoms with van der Waals surface area (Å²) in [6, 6.07) is 2.50. The monoisotopic (exact) mass is 420 g/mol. The van der Waals surface area contributed by atoms with E-state index in [1.54, 1.807) is 0 Å². The Morgan fingerprint density at radius 3 is 2.32 bits per heavy atom. The van der Waals surface area contributed by atoms with E-state index >= 15 is 0 Å². The van der Waals surface area contributed by atoms with Gasteiger partial charge in [-0.25, -0.2) is 23.2 Å². The minimum Gasteiger partial charge on any atom is -0.286 e. The van der Waals surface area contributed by atoms with Crippen molar-refractivity contribution in [3.63, 3.8) is 0 Å². The number of urea groups is 1. The van der Waals surface area contributed by atoms with E-state index in [-0.39, 0.29) is 27.6 Å². The molecule has 0 radical (unpaired) electrons. The van der Waals surface area contributed by atoms with Crippen LogP contribution in [0.1, 0.15) is 5.56 Å². The van der Waals surface area contributed by atoms with Crippen LogP contribution in [-0.4, -0.2) is 37.7 Å². The summed E-state index contributed by atoms with van der Waals surface area (Å²) in [6.07, 6.45) is 2.37. The van der Waals surface area contributed by atoms with Crippen LogP contribution >= 0.6 is 34.8 Å². The van der Waals surface area contributed by atoms with Crippen molar-refractivity contribution >= 4 is 62.2 Å². The molecule has 0 fully saturated rings. The largest absolute Gasteiger partial charge is 0.330 e. The highest BCUT2D eigenvalue weighted by Crippen LogP contribution is 2.40. The minimum absolute atomic E-state index is 0.0869. The molecule has 0 saturated carbocycles. The van der Waals surface area contributed by atoms with Gasteiger partial charge in [-0.15, -0.1) is 0 Å². The van der Waals surface area contributed by atoms with E-state index in [1.807, 2.05) is 0 Å². The number of hydrogen-bond donors (Lipinski definition) is 0. The summed E-state index contributed by atoms with van der Waals surface area (Å²) in [4.78, 5) is 23.2. The van der Waals surface area contributed by atoms with Crippen molar-refractivity contribution in [2.24, 2.45) is 0 Å². The van der Waals surface area contributed by atoms with Crippen LogP contribution in [0.15, 0.2) is 23.5 Å². The van der Waals surface area contributed by atoms with Crippen LogP contribution in [0, 0.1) is 0 Å². The average Bonchev–Trinajstić information content (AvgIpc) is 2.49. The molecular formula is C14H11Cl3N4O3S. The van der Waals surface area contributed by atoms with Crippen LogP contribution in [-0.2, 0) is 16.4 Å². The van der Waals surface area contributed by atoms with E-state index in [4.69, 9.17) is 34.8 Å². The number of hydrogen-bond acceptors (Lipinski definition) is 5. The average molecular weight is 422 g/mol. The number of carbonyl (C=O) groups excluding carboxylic acids is 1. The van der Waals surface area contributed by atoms with Gasteiger partial charge in [-0.2, -0.15) is 0 Å². The maximum absolute atomic E-state index is 12.7. The third-order valence-electron chi connectivity index (χ3n) is 3.57. The summed E-state index contributed by atoms with van der Waals surface area (Å²) in [6.45, 7) is 0.0869. The molecule has 1 aromatic heterocycles. The smallest absolute Gasteiger partial charge is 0.286 e. The predicted molar refractivity (Wildman–Crippen MR) is 96.6 cm³/mol. The number of nitrogens with zero attached hydrogens (tertiary/aromatic N) is 4. The minimum atomic E-state index is -3.59. The summed E-state index contributed by atoms with van der Waals surface area (Å²) in [5.41, 5.74) is 0.860. The molecule has 0 saturated heterocycles. The molecule has 132 valence electrons. The van der Waals surface area contributed by atoms with Gasteiger partial charge >= 0.3 is 6.03 Å². The number of carbonyl (C=O) groups is 1. The molecule has 0 atom stereocenters. The number of sulfone groups is 1. The zero-order valence-corrected chi connectivity index (χ0v) is 16.1. The Balaban J connectivity index is 2.11. The molecule has 2 aromatic rings. The highest BCUT2D eigenvalue weighted by Gasteiger charge is 2.33. The van der Waals surface area contributed by atoms with Gasteiger partial charge in [0.2, 0.25) is 15.0 Å². The van der Waals surface area contributed by atoms with Gasteiger partial charge in [0, 0.05) is 30.1 Å². The summed E-state index contributed by atoms with van der Waals surface area (Å²) in [5.74, 6) is 0.220. The number of aromatic nitrogens is 2. The fourth-order valence-electron chi connectivity index (χ4n) is 2.44. The topological polar surface area (TPSA) is 83.5 Å². The van der Waals surface area contributed by atoms with Crippen molar-refractivity contribution in [1.29, 1.82) is 0 Å². The first-order valence-corrected chi connectivity index (χ1v) is 9.88. The van der Waals surface area contributed by atoms with Crippen molar-refractivity contribution in [1.82, 2.24) is 9.97 Å². The molecule has 1 aliphatic rings. The molecule has 3 rings (SSSR count). The Kier molecular flexibility index (Phi) is 4.57. The SMILES string of the molecule is CN1C(=O)N(c2c(Cl)cc(Cl)cc2Cl)Cc2cnc(S(C)(=O)=O)nc21. The fourth-order valence-corrected chi connectivity index (χ4v) is 3.96. The number of amides is 2. The van der Waals surface area contributed by atoms with Crippen molar-refractivity contribution in [3.8, 4) is 0 Å². The van der Waals surface area contributed by atoms with Gasteiger partial charge in [-0.05, 0) is 12.1 Å². The lowest BCUT2D eigenvalue weighted by molar-refractivity contribution is 0.251. The van der Waals surface area contributed by atoms with Crippen LogP contribution in [0.25, 0.3) is 0 Å². The quantitative estimate of drug-likeness (QED) is 0.694. The maximum Gasteiger partial charge on any atom is 0.330 e. The molecule has 0 aliphatic carbocycles. The lowest BCUT2D eigenvalue weighted by Crippen LogP contribution is -2.46. The van der Waals surface area contributed by atoms with Gasteiger partial charge in [0.05, 0.1) is 22.3 Å². The first-order valence-electron chi connectivity index (χ1n) is 6.85. The normalized spacial score (nSPS) is 14.7. The molecule has 0 spiro atoms. The second-order valence-corrected chi connectivity index (χ2v) is 8.58. The van der Waals surface area contributed by atoms with Crippen molar-refractivity contribution in [2.75, 3.05) is 23.1 Å². The van der Waals surface area contributed by atoms with Gasteiger partial charge < -0.3 is 0 Å². The van der Waals surface area contributed by atoms with E-state index in [2.05, 4.69) is 9.97 Å². The second-order valence-electron chi connectivity index (χ2n) is 5.42. The van der Waals surface area contributed by atoms with E-state index in [1.165, 1.54) is 35.2 Å². The molecule has 2 heterocycles. The van der Waals surface area contributed by atoms with E-state index in [0.29, 0.717) is 16.3 Å². The Morgan fingerprint density at radius 1 is 1.16 bits per heavy atom. The van der Waals surface area contributed by atoms with Crippen LogP contribution < -0.4 is 9.80 Å². The second kappa shape index (κ2) is 6.28. The summed E-state index contributed by atoms with van der Waals surface area (Å²) >= 11 is 18.3. The number of fused-ring (bicyclic) bond motifs is 1. The summed E-state index contributed by atoms with van der Waals surface area (Å²) < 4.78 is 23.3. The number of benzene rings is 1. The number of anilines is 2. The molecule has 0 bridgehead atoms. The first-order chi connectivity index (χ1) is 11.6. The van der Waals surface area contributed by atoms with Gasteiger partial charge in [-0.1, -0.05) is 34.8 Å². The summed E-state index contributed by atoms with van der Waals surface area (Å²) in [5, 5.41) is 0.438. The highest BCUT2D eigenvalue weighted by atomic mass is 35.5. The van der Waals surface area contributed by atoms with E-state index in [0.717, 1.165) is 6.26 Å². The third-order valence-corrected chi connectivity index (χ3v) is 5.22. The van der Waals surface area contributed by atoms with Crippen molar-refractivity contribution in [2.45, 2.75) is 11.7 Å². The lowest BCUT2D eigenvalue weighted by Gasteiger charge is -2.34. The molecule has 25 heavy (non-hydrogen) atoms. The standard InChI is InChI=1S/C14H11Cl3N4O3S/c1-20-12-7(5-18-13(19-12)25(2,23)24)6-21(14(20)22)11-9(16)3-8(15)4-10(11)17/h3-5H,6H2,1-2H3. The molecule has 11 heteroatoms. The third kappa shape index (κ3) is 3.27. The molecule has 2 amide bonds. The zero-order chi connectivity index (χ0) is 18.5. The van der Waals surface area contributed by atoms with Gasteiger partial charge in [-0.3, -0.25) is 9.80 Å². The molecule has 1 aromatic carbocycles. The number of halogens is 3. The molecule has 0 unspecified atom stereocenters. The van der Waals surface area contributed by atoms with Crippen LogP contribution in [0.5, 0.6) is 0 Å². The molecular weight excluding hydrogens is 411 g/mol. The summed E-state index contributed by atoms with van der Waals surface area (Å²) in [7, 11) is -2.12. The molecule has 7 nitrogen and oxygen atoms in total. The van der Waals surface area contributed by atoms with Crippen molar-refractivity contribution < 1.29 is 13.2 Å². The molecule has 0 N–H and O–H groups in total. The Bertz CT molecular complexity index is 974. The highest BCUT2D eigenvalue weighted by molar-refractivity contribution is 7.90. The Labute approximate surface area is 159 Å².